The first-order valence-corrected chi connectivity index (χ1v) is 11.6. The molecule has 1 aromatic heterocycles. The number of aryl methyl sites for hydroxylation is 1. The number of benzene rings is 2. The number of ether oxygens (including phenoxy) is 2. The zero-order valence-corrected chi connectivity index (χ0v) is 19.0. The lowest BCUT2D eigenvalue weighted by atomic mass is 10.1. The Morgan fingerprint density at radius 1 is 1.16 bits per heavy atom. The van der Waals surface area contributed by atoms with Gasteiger partial charge in [-0.3, -0.25) is 0 Å². The third-order valence-electron chi connectivity index (χ3n) is 6.07. The van der Waals surface area contributed by atoms with Gasteiger partial charge >= 0.3 is 0 Å². The highest BCUT2D eigenvalue weighted by Crippen LogP contribution is 2.32. The lowest BCUT2D eigenvalue weighted by molar-refractivity contribution is 0.122. The fourth-order valence-electron chi connectivity index (χ4n) is 4.25. The average Bonchev–Trinajstić information content (AvgIpc) is 2.82. The molecule has 0 saturated carbocycles. The third-order valence-corrected chi connectivity index (χ3v) is 6.37. The van der Waals surface area contributed by atoms with Crippen LogP contribution in [0.5, 0.6) is 5.75 Å². The van der Waals surface area contributed by atoms with Crippen LogP contribution in [0.2, 0.25) is 5.02 Å². The summed E-state index contributed by atoms with van der Waals surface area (Å²) in [7, 11) is 0. The minimum Gasteiger partial charge on any atom is -0.488 e. The van der Waals surface area contributed by atoms with Gasteiger partial charge < -0.3 is 25.0 Å². The van der Waals surface area contributed by atoms with E-state index in [9.17, 15) is 0 Å². The van der Waals surface area contributed by atoms with Gasteiger partial charge in [-0.25, -0.2) is 9.97 Å². The molecule has 0 bridgehead atoms. The van der Waals surface area contributed by atoms with Gasteiger partial charge in [-0.1, -0.05) is 17.7 Å². The number of anilines is 3. The maximum atomic E-state index is 6.59. The highest BCUT2D eigenvalue weighted by molar-refractivity contribution is 6.33. The second kappa shape index (κ2) is 9.48. The van der Waals surface area contributed by atoms with E-state index in [1.54, 1.807) is 0 Å². The molecular formula is C24H28ClN5O2. The van der Waals surface area contributed by atoms with Crippen LogP contribution in [0.3, 0.4) is 0 Å². The van der Waals surface area contributed by atoms with Gasteiger partial charge in [0.25, 0.3) is 0 Å². The Labute approximate surface area is 193 Å². The number of halogens is 1. The van der Waals surface area contributed by atoms with Crippen molar-refractivity contribution in [2.24, 2.45) is 0 Å². The summed E-state index contributed by atoms with van der Waals surface area (Å²) in [6, 6.07) is 10.0. The summed E-state index contributed by atoms with van der Waals surface area (Å²) in [6.07, 6.45) is 4.07. The molecule has 32 heavy (non-hydrogen) atoms. The standard InChI is InChI=1S/C24H28ClN5O2/c1-16-2-5-22(32-18-6-8-26-9-7-18)23-19(16)15-27-24(29-23)28-17-3-4-21(20(25)14-17)30-10-12-31-13-11-30/h2-5,14-15,18,26H,6-13H2,1H3,(H,27,28,29). The number of fused-ring (bicyclic) bond motifs is 1. The Morgan fingerprint density at radius 3 is 2.75 bits per heavy atom. The topological polar surface area (TPSA) is 71.5 Å². The molecule has 3 aromatic rings. The second-order valence-corrected chi connectivity index (χ2v) is 8.70. The molecule has 2 fully saturated rings. The number of hydrogen-bond acceptors (Lipinski definition) is 7. The first-order valence-electron chi connectivity index (χ1n) is 11.2. The quantitative estimate of drug-likeness (QED) is 0.596. The van der Waals surface area contributed by atoms with Crippen molar-refractivity contribution in [1.29, 1.82) is 0 Å². The van der Waals surface area contributed by atoms with Crippen LogP contribution in [-0.2, 0) is 4.74 Å². The van der Waals surface area contributed by atoms with Gasteiger partial charge in [0, 0.05) is 30.4 Å². The van der Waals surface area contributed by atoms with Crippen LogP contribution in [0.15, 0.2) is 36.5 Å². The average molecular weight is 454 g/mol. The highest BCUT2D eigenvalue weighted by Gasteiger charge is 2.18. The molecule has 0 aliphatic carbocycles. The van der Waals surface area contributed by atoms with Crippen LogP contribution in [0, 0.1) is 6.92 Å². The largest absolute Gasteiger partial charge is 0.488 e. The van der Waals surface area contributed by atoms with E-state index in [1.165, 1.54) is 0 Å². The van der Waals surface area contributed by atoms with Gasteiger partial charge in [-0.15, -0.1) is 0 Å². The van der Waals surface area contributed by atoms with Gasteiger partial charge in [-0.2, -0.15) is 0 Å². The van der Waals surface area contributed by atoms with E-state index in [1.807, 2.05) is 30.5 Å². The number of nitrogens with zero attached hydrogens (tertiary/aromatic N) is 3. The molecule has 0 spiro atoms. The van der Waals surface area contributed by atoms with Crippen molar-refractivity contribution in [3.8, 4) is 5.75 Å². The molecule has 168 valence electrons. The third kappa shape index (κ3) is 4.60. The smallest absolute Gasteiger partial charge is 0.227 e. The number of morpholine rings is 1. The van der Waals surface area contributed by atoms with E-state index >= 15 is 0 Å². The highest BCUT2D eigenvalue weighted by atomic mass is 35.5. The predicted molar refractivity (Wildman–Crippen MR) is 129 cm³/mol. The van der Waals surface area contributed by atoms with E-state index in [0.29, 0.717) is 11.0 Å². The number of aromatic nitrogens is 2. The molecule has 2 aliphatic rings. The normalized spacial score (nSPS) is 17.5. The van der Waals surface area contributed by atoms with E-state index in [-0.39, 0.29) is 6.10 Å². The van der Waals surface area contributed by atoms with Crippen molar-refractivity contribution in [3.05, 3.63) is 47.1 Å². The first-order chi connectivity index (χ1) is 15.7. The molecule has 7 nitrogen and oxygen atoms in total. The molecule has 0 atom stereocenters. The van der Waals surface area contributed by atoms with Gasteiger partial charge in [-0.05, 0) is 62.7 Å². The maximum Gasteiger partial charge on any atom is 0.227 e. The molecule has 2 saturated heterocycles. The van der Waals surface area contributed by atoms with E-state index in [0.717, 1.165) is 85.8 Å². The summed E-state index contributed by atoms with van der Waals surface area (Å²) in [5.41, 5.74) is 3.83. The van der Waals surface area contributed by atoms with Gasteiger partial charge in [0.15, 0.2) is 0 Å². The molecule has 3 heterocycles. The molecule has 2 aliphatic heterocycles. The first kappa shape index (κ1) is 21.2. The molecule has 2 N–H and O–H groups in total. The molecule has 0 unspecified atom stereocenters. The molecule has 0 radical (unpaired) electrons. The summed E-state index contributed by atoms with van der Waals surface area (Å²) in [6.45, 7) is 7.18. The fourth-order valence-corrected chi connectivity index (χ4v) is 4.55. The predicted octanol–water partition coefficient (Wildman–Crippen LogP) is 4.30. The number of nitrogens with one attached hydrogen (secondary N) is 2. The van der Waals surface area contributed by atoms with E-state index in [2.05, 4.69) is 33.5 Å². The van der Waals surface area contributed by atoms with Crippen molar-refractivity contribution >= 4 is 39.8 Å². The van der Waals surface area contributed by atoms with Crippen molar-refractivity contribution in [1.82, 2.24) is 15.3 Å². The zero-order valence-electron chi connectivity index (χ0n) is 18.2. The van der Waals surface area contributed by atoms with Crippen LogP contribution in [0.1, 0.15) is 18.4 Å². The Morgan fingerprint density at radius 2 is 1.97 bits per heavy atom. The van der Waals surface area contributed by atoms with Crippen LogP contribution in [0.4, 0.5) is 17.3 Å². The van der Waals surface area contributed by atoms with Crippen molar-refractivity contribution < 1.29 is 9.47 Å². The fraction of sp³-hybridized carbons (Fsp3) is 0.417. The number of hydrogen-bond donors (Lipinski definition) is 2. The summed E-state index contributed by atoms with van der Waals surface area (Å²) >= 11 is 6.59. The summed E-state index contributed by atoms with van der Waals surface area (Å²) < 4.78 is 11.8. The monoisotopic (exact) mass is 453 g/mol. The molecule has 5 rings (SSSR count). The van der Waals surface area contributed by atoms with Crippen molar-refractivity contribution in [2.45, 2.75) is 25.9 Å². The number of rotatable bonds is 5. The molecule has 2 aromatic carbocycles. The minimum absolute atomic E-state index is 0.208. The lowest BCUT2D eigenvalue weighted by Crippen LogP contribution is -2.36. The zero-order chi connectivity index (χ0) is 21.9. The second-order valence-electron chi connectivity index (χ2n) is 8.29. The van der Waals surface area contributed by atoms with Crippen LogP contribution >= 0.6 is 11.6 Å². The Hall–Kier alpha value is -2.61. The van der Waals surface area contributed by atoms with E-state index in [4.69, 9.17) is 26.1 Å². The van der Waals surface area contributed by atoms with Crippen molar-refractivity contribution in [2.75, 3.05) is 49.6 Å². The molecular weight excluding hydrogens is 426 g/mol. The maximum absolute atomic E-state index is 6.59. The van der Waals surface area contributed by atoms with Crippen LogP contribution in [-0.4, -0.2) is 55.5 Å². The molecule has 0 amide bonds. The van der Waals surface area contributed by atoms with Crippen LogP contribution < -0.4 is 20.3 Å². The van der Waals surface area contributed by atoms with Crippen molar-refractivity contribution in [3.63, 3.8) is 0 Å². The minimum atomic E-state index is 0.208. The summed E-state index contributed by atoms with van der Waals surface area (Å²) in [5, 5.41) is 8.38. The van der Waals surface area contributed by atoms with Gasteiger partial charge in [0.1, 0.15) is 17.4 Å². The Kier molecular flexibility index (Phi) is 6.30. The van der Waals surface area contributed by atoms with Gasteiger partial charge in [0.05, 0.1) is 23.9 Å². The summed E-state index contributed by atoms with van der Waals surface area (Å²) in [5.74, 6) is 1.33. The van der Waals surface area contributed by atoms with E-state index < -0.39 is 0 Å². The molecule has 8 heteroatoms. The SMILES string of the molecule is Cc1ccc(OC2CCNCC2)c2nc(Nc3ccc(N4CCOCC4)c(Cl)c3)ncc12. The Bertz CT molecular complexity index is 1100. The van der Waals surface area contributed by atoms with Gasteiger partial charge in [0.2, 0.25) is 5.95 Å². The lowest BCUT2D eigenvalue weighted by Gasteiger charge is -2.29. The summed E-state index contributed by atoms with van der Waals surface area (Å²) in [4.78, 5) is 11.6. The Balaban J connectivity index is 1.39. The van der Waals surface area contributed by atoms with Crippen LogP contribution in [0.25, 0.3) is 10.9 Å². The number of piperidine rings is 1.